The number of hydrogen-bond donors (Lipinski definition) is 1. The molecule has 20 heavy (non-hydrogen) atoms. The van der Waals surface area contributed by atoms with Crippen molar-refractivity contribution in [3.05, 3.63) is 50.9 Å². The number of halogens is 1. The average molecular weight is 353 g/mol. The van der Waals surface area contributed by atoms with Gasteiger partial charge in [0.2, 0.25) is 0 Å². The zero-order valence-electron chi connectivity index (χ0n) is 11.8. The first-order valence-electron chi connectivity index (χ1n) is 7.10. The number of nitrogens with one attached hydrogen (secondary N) is 1. The summed E-state index contributed by atoms with van der Waals surface area (Å²) in [7, 11) is 0. The summed E-state index contributed by atoms with van der Waals surface area (Å²) < 4.78 is 1.21. The van der Waals surface area contributed by atoms with Crippen LogP contribution in [0.25, 0.3) is 0 Å². The molecule has 1 N–H and O–H groups in total. The van der Waals surface area contributed by atoms with Gasteiger partial charge in [-0.1, -0.05) is 41.1 Å². The smallest absolute Gasteiger partial charge is 0.0794 e. The van der Waals surface area contributed by atoms with Crippen molar-refractivity contribution in [2.24, 2.45) is 5.92 Å². The molecule has 0 saturated heterocycles. The zero-order chi connectivity index (χ0) is 14.2. The molecule has 2 nitrogen and oxygen atoms in total. The summed E-state index contributed by atoms with van der Waals surface area (Å²) in [6.07, 6.45) is 3.30. The summed E-state index contributed by atoms with van der Waals surface area (Å²) in [5.41, 5.74) is 4.51. The molecule has 0 spiro atoms. The third kappa shape index (κ3) is 5.00. The molecule has 0 aliphatic carbocycles. The third-order valence-corrected chi connectivity index (χ3v) is 4.72. The number of thiazole rings is 1. The highest BCUT2D eigenvalue weighted by molar-refractivity contribution is 9.10. The molecule has 1 atom stereocenters. The van der Waals surface area contributed by atoms with Gasteiger partial charge >= 0.3 is 0 Å². The van der Waals surface area contributed by atoms with Crippen LogP contribution in [0.15, 0.2) is 39.6 Å². The minimum atomic E-state index is 0.586. The second kappa shape index (κ2) is 8.55. The van der Waals surface area contributed by atoms with Crippen molar-refractivity contribution in [1.82, 2.24) is 10.3 Å². The molecule has 108 valence electrons. The Morgan fingerprint density at radius 1 is 1.30 bits per heavy atom. The van der Waals surface area contributed by atoms with Crippen molar-refractivity contribution in [3.8, 4) is 0 Å². The molecule has 1 heterocycles. The predicted molar refractivity (Wildman–Crippen MR) is 90.3 cm³/mol. The van der Waals surface area contributed by atoms with E-state index < -0.39 is 0 Å². The fourth-order valence-corrected chi connectivity index (χ4v) is 3.33. The van der Waals surface area contributed by atoms with Gasteiger partial charge in [-0.15, -0.1) is 11.3 Å². The highest BCUT2D eigenvalue weighted by Gasteiger charge is 2.13. The van der Waals surface area contributed by atoms with Gasteiger partial charge in [-0.3, -0.25) is 0 Å². The normalized spacial score (nSPS) is 12.5. The van der Waals surface area contributed by atoms with Crippen molar-refractivity contribution in [2.45, 2.75) is 26.2 Å². The second-order valence-electron chi connectivity index (χ2n) is 5.05. The molecule has 0 fully saturated rings. The maximum atomic E-state index is 4.43. The van der Waals surface area contributed by atoms with E-state index in [9.17, 15) is 0 Å². The molecule has 0 saturated carbocycles. The summed E-state index contributed by atoms with van der Waals surface area (Å²) in [4.78, 5) is 4.43. The van der Waals surface area contributed by atoms with Crippen LogP contribution in [0.1, 0.15) is 24.6 Å². The van der Waals surface area contributed by atoms with Crippen LogP contribution in [0, 0.1) is 5.92 Å². The second-order valence-corrected chi connectivity index (χ2v) is 6.62. The third-order valence-electron chi connectivity index (χ3n) is 3.31. The lowest BCUT2D eigenvalue weighted by atomic mass is 9.95. The van der Waals surface area contributed by atoms with Crippen molar-refractivity contribution in [2.75, 3.05) is 13.1 Å². The molecule has 0 radical (unpaired) electrons. The summed E-state index contributed by atoms with van der Waals surface area (Å²) in [5.74, 6) is 0.586. The molecule has 0 aliphatic heterocycles. The molecule has 0 bridgehead atoms. The van der Waals surface area contributed by atoms with Crippen molar-refractivity contribution in [1.29, 1.82) is 0 Å². The van der Waals surface area contributed by atoms with Gasteiger partial charge in [-0.05, 0) is 49.9 Å². The van der Waals surface area contributed by atoms with E-state index in [0.29, 0.717) is 5.92 Å². The highest BCUT2D eigenvalue weighted by Crippen LogP contribution is 2.21. The van der Waals surface area contributed by atoms with Gasteiger partial charge in [0.25, 0.3) is 0 Å². The number of benzene rings is 1. The van der Waals surface area contributed by atoms with Gasteiger partial charge in [0.15, 0.2) is 0 Å². The van der Waals surface area contributed by atoms with E-state index in [0.717, 1.165) is 25.9 Å². The number of rotatable bonds is 8. The van der Waals surface area contributed by atoms with Crippen LogP contribution < -0.4 is 5.32 Å². The first-order valence-corrected chi connectivity index (χ1v) is 8.84. The largest absolute Gasteiger partial charge is 0.316 e. The Morgan fingerprint density at radius 2 is 2.15 bits per heavy atom. The van der Waals surface area contributed by atoms with Crippen LogP contribution in [0.4, 0.5) is 0 Å². The molecule has 0 amide bonds. The van der Waals surface area contributed by atoms with Gasteiger partial charge in [-0.25, -0.2) is 4.98 Å². The van der Waals surface area contributed by atoms with E-state index in [4.69, 9.17) is 0 Å². The summed E-state index contributed by atoms with van der Waals surface area (Å²) >= 11 is 5.33. The van der Waals surface area contributed by atoms with Crippen molar-refractivity contribution >= 4 is 27.3 Å². The fraction of sp³-hybridized carbons (Fsp3) is 0.438. The summed E-state index contributed by atoms with van der Waals surface area (Å²) in [6.45, 7) is 4.34. The Labute approximate surface area is 133 Å². The SMILES string of the molecule is CCCNCC(Cc1cscn1)Cc1ccccc1Br. The molecule has 1 aromatic heterocycles. The lowest BCUT2D eigenvalue weighted by molar-refractivity contribution is 0.467. The van der Waals surface area contributed by atoms with Crippen LogP contribution in [-0.4, -0.2) is 18.1 Å². The van der Waals surface area contributed by atoms with Crippen molar-refractivity contribution < 1.29 is 0 Å². The quantitative estimate of drug-likeness (QED) is 0.716. The maximum Gasteiger partial charge on any atom is 0.0794 e. The molecule has 2 aromatic rings. The molecule has 0 aliphatic rings. The minimum Gasteiger partial charge on any atom is -0.316 e. The Hall–Kier alpha value is -0.710. The van der Waals surface area contributed by atoms with E-state index in [-0.39, 0.29) is 0 Å². The Balaban J connectivity index is 1.99. The number of hydrogen-bond acceptors (Lipinski definition) is 3. The van der Waals surface area contributed by atoms with Gasteiger partial charge in [0.05, 0.1) is 11.2 Å². The van der Waals surface area contributed by atoms with Gasteiger partial charge in [-0.2, -0.15) is 0 Å². The van der Waals surface area contributed by atoms with Gasteiger partial charge in [0.1, 0.15) is 0 Å². The maximum absolute atomic E-state index is 4.43. The Morgan fingerprint density at radius 3 is 2.85 bits per heavy atom. The van der Waals surface area contributed by atoms with Crippen LogP contribution >= 0.6 is 27.3 Å². The lowest BCUT2D eigenvalue weighted by Crippen LogP contribution is -2.26. The number of aromatic nitrogens is 1. The van der Waals surface area contributed by atoms with E-state index in [2.05, 4.69) is 62.8 Å². The molecule has 1 aromatic carbocycles. The molecule has 1 unspecified atom stereocenters. The lowest BCUT2D eigenvalue weighted by Gasteiger charge is -2.17. The van der Waals surface area contributed by atoms with E-state index in [1.807, 2.05) is 5.51 Å². The minimum absolute atomic E-state index is 0.586. The number of nitrogens with zero attached hydrogens (tertiary/aromatic N) is 1. The van der Waals surface area contributed by atoms with E-state index >= 15 is 0 Å². The first kappa shape index (κ1) is 15.7. The molecule has 4 heteroatoms. The molecular weight excluding hydrogens is 332 g/mol. The fourth-order valence-electron chi connectivity index (χ4n) is 2.31. The highest BCUT2D eigenvalue weighted by atomic mass is 79.9. The monoisotopic (exact) mass is 352 g/mol. The van der Waals surface area contributed by atoms with Gasteiger partial charge in [0, 0.05) is 9.85 Å². The Bertz CT molecular complexity index is 499. The van der Waals surface area contributed by atoms with Crippen LogP contribution in [0.3, 0.4) is 0 Å². The average Bonchev–Trinajstić information content (AvgIpc) is 2.94. The topological polar surface area (TPSA) is 24.9 Å². The zero-order valence-corrected chi connectivity index (χ0v) is 14.2. The van der Waals surface area contributed by atoms with E-state index in [1.54, 1.807) is 11.3 Å². The van der Waals surface area contributed by atoms with E-state index in [1.165, 1.54) is 22.2 Å². The summed E-state index contributed by atoms with van der Waals surface area (Å²) in [5, 5.41) is 5.71. The van der Waals surface area contributed by atoms with Crippen LogP contribution in [0.5, 0.6) is 0 Å². The Kier molecular flexibility index (Phi) is 6.70. The predicted octanol–water partition coefficient (Wildman–Crippen LogP) is 4.31. The first-order chi connectivity index (χ1) is 9.79. The van der Waals surface area contributed by atoms with Crippen LogP contribution in [0.2, 0.25) is 0 Å². The molecular formula is C16H21BrN2S. The van der Waals surface area contributed by atoms with Gasteiger partial charge < -0.3 is 5.32 Å². The molecule has 2 rings (SSSR count). The summed E-state index contributed by atoms with van der Waals surface area (Å²) in [6, 6.07) is 8.50. The standard InChI is InChI=1S/C16H21BrN2S/c1-2-7-18-10-13(9-15-11-20-12-19-15)8-14-5-3-4-6-16(14)17/h3-6,11-13,18H,2,7-10H2,1H3. The van der Waals surface area contributed by atoms with Crippen molar-refractivity contribution in [3.63, 3.8) is 0 Å². The van der Waals surface area contributed by atoms with Crippen LogP contribution in [-0.2, 0) is 12.8 Å².